The van der Waals surface area contributed by atoms with E-state index in [1.54, 1.807) is 12.1 Å². The van der Waals surface area contributed by atoms with Gasteiger partial charge in [-0.15, -0.1) is 0 Å². The number of hydrogen-bond donors (Lipinski definition) is 2. The van der Waals surface area contributed by atoms with Gasteiger partial charge in [0.15, 0.2) is 0 Å². The third kappa shape index (κ3) is 5.00. The first kappa shape index (κ1) is 21.7. The lowest BCUT2D eigenvalue weighted by molar-refractivity contribution is 0.0949. The van der Waals surface area contributed by atoms with Gasteiger partial charge in [-0.1, -0.05) is 20.8 Å². The Morgan fingerprint density at radius 3 is 2.44 bits per heavy atom. The number of amides is 1. The maximum atomic E-state index is 12.9. The van der Waals surface area contributed by atoms with E-state index < -0.39 is 10.0 Å². The lowest BCUT2D eigenvalue weighted by Gasteiger charge is -2.24. The zero-order valence-electron chi connectivity index (χ0n) is 16.6. The summed E-state index contributed by atoms with van der Waals surface area (Å²) in [6, 6.07) is 4.90. The van der Waals surface area contributed by atoms with Crippen LogP contribution in [0.3, 0.4) is 0 Å². The van der Waals surface area contributed by atoms with Gasteiger partial charge in [-0.2, -0.15) is 4.31 Å². The quantitative estimate of drug-likeness (QED) is 0.662. The van der Waals surface area contributed by atoms with E-state index in [2.05, 4.69) is 10.2 Å². The van der Waals surface area contributed by atoms with Gasteiger partial charge in [0.25, 0.3) is 5.91 Å². The fourth-order valence-electron chi connectivity index (χ4n) is 3.25. The van der Waals surface area contributed by atoms with Crippen molar-refractivity contribution >= 4 is 21.6 Å². The highest BCUT2D eigenvalue weighted by Gasteiger charge is 2.26. The fraction of sp³-hybridized carbons (Fsp3) is 0.632. The number of sulfonamides is 1. The van der Waals surface area contributed by atoms with E-state index >= 15 is 0 Å². The van der Waals surface area contributed by atoms with Crippen molar-refractivity contribution in [1.29, 1.82) is 0 Å². The van der Waals surface area contributed by atoms with E-state index in [-0.39, 0.29) is 16.7 Å². The second-order valence-electron chi connectivity index (χ2n) is 7.01. The van der Waals surface area contributed by atoms with Crippen LogP contribution in [0.25, 0.3) is 0 Å². The average Bonchev–Trinajstić information content (AvgIpc) is 3.20. The molecule has 0 saturated carbocycles. The van der Waals surface area contributed by atoms with Crippen LogP contribution in [-0.4, -0.2) is 57.9 Å². The number of nitrogens with zero attached hydrogens (tertiary/aromatic N) is 2. The fourth-order valence-corrected chi connectivity index (χ4v) is 4.73. The zero-order valence-corrected chi connectivity index (χ0v) is 17.4. The lowest BCUT2D eigenvalue weighted by atomic mass is 10.1. The predicted molar refractivity (Wildman–Crippen MR) is 109 cm³/mol. The van der Waals surface area contributed by atoms with E-state index in [4.69, 9.17) is 5.73 Å². The monoisotopic (exact) mass is 396 g/mol. The van der Waals surface area contributed by atoms with Crippen molar-refractivity contribution in [1.82, 2.24) is 9.62 Å². The van der Waals surface area contributed by atoms with Crippen LogP contribution in [0.15, 0.2) is 23.1 Å². The molecule has 1 unspecified atom stereocenters. The summed E-state index contributed by atoms with van der Waals surface area (Å²) in [5.74, 6) is -0.0967. The number of nitrogens with one attached hydrogen (secondary N) is 1. The third-order valence-corrected chi connectivity index (χ3v) is 7.06. The van der Waals surface area contributed by atoms with Gasteiger partial charge in [0, 0.05) is 38.4 Å². The molecule has 1 heterocycles. The smallest absolute Gasteiger partial charge is 0.253 e. The largest absolute Gasteiger partial charge is 0.371 e. The molecule has 27 heavy (non-hydrogen) atoms. The Labute approximate surface area is 163 Å². The summed E-state index contributed by atoms with van der Waals surface area (Å²) < 4.78 is 27.2. The molecule has 1 aliphatic heterocycles. The van der Waals surface area contributed by atoms with Gasteiger partial charge in [0.1, 0.15) is 0 Å². The van der Waals surface area contributed by atoms with Crippen molar-refractivity contribution < 1.29 is 13.2 Å². The molecule has 1 saturated heterocycles. The van der Waals surface area contributed by atoms with Crippen LogP contribution in [0.2, 0.25) is 0 Å². The van der Waals surface area contributed by atoms with Gasteiger partial charge in [0.2, 0.25) is 10.0 Å². The first-order valence-electron chi connectivity index (χ1n) is 9.72. The molecule has 1 aliphatic rings. The van der Waals surface area contributed by atoms with E-state index in [9.17, 15) is 13.2 Å². The summed E-state index contributed by atoms with van der Waals surface area (Å²) in [4.78, 5) is 15.2. The number of rotatable bonds is 9. The Morgan fingerprint density at radius 1 is 1.26 bits per heavy atom. The Bertz CT molecular complexity index is 741. The maximum Gasteiger partial charge on any atom is 0.253 e. The molecule has 3 N–H and O–H groups in total. The number of anilines is 1. The van der Waals surface area contributed by atoms with Crippen molar-refractivity contribution in [3.63, 3.8) is 0 Å². The minimum atomic E-state index is -3.62. The van der Waals surface area contributed by atoms with Gasteiger partial charge in [-0.3, -0.25) is 4.79 Å². The maximum absolute atomic E-state index is 12.9. The molecule has 8 heteroatoms. The first-order valence-corrected chi connectivity index (χ1v) is 11.2. The Morgan fingerprint density at radius 2 is 1.89 bits per heavy atom. The minimum absolute atomic E-state index is 0.158. The zero-order chi connectivity index (χ0) is 20.0. The highest BCUT2D eigenvalue weighted by atomic mass is 32.2. The highest BCUT2D eigenvalue weighted by Crippen LogP contribution is 2.28. The van der Waals surface area contributed by atoms with Crippen molar-refractivity contribution in [2.45, 2.75) is 38.5 Å². The molecule has 0 aromatic heterocycles. The second kappa shape index (κ2) is 9.52. The summed E-state index contributed by atoms with van der Waals surface area (Å²) in [6.45, 7) is 9.05. The summed E-state index contributed by atoms with van der Waals surface area (Å²) in [6.07, 6.45) is 2.15. The molecule has 1 aromatic carbocycles. The molecular weight excluding hydrogens is 364 g/mol. The third-order valence-electron chi connectivity index (χ3n) is 5.02. The molecule has 1 aromatic rings. The highest BCUT2D eigenvalue weighted by molar-refractivity contribution is 7.89. The van der Waals surface area contributed by atoms with Crippen molar-refractivity contribution in [3.05, 3.63) is 23.8 Å². The summed E-state index contributed by atoms with van der Waals surface area (Å²) in [5.41, 5.74) is 6.83. The summed E-state index contributed by atoms with van der Waals surface area (Å²) in [5, 5.41) is 2.90. The minimum Gasteiger partial charge on any atom is -0.371 e. The van der Waals surface area contributed by atoms with Crippen LogP contribution >= 0.6 is 0 Å². The van der Waals surface area contributed by atoms with Crippen LogP contribution in [0.5, 0.6) is 0 Å². The van der Waals surface area contributed by atoms with E-state index in [0.717, 1.165) is 31.6 Å². The molecule has 0 radical (unpaired) electrons. The number of hydrogen-bond acceptors (Lipinski definition) is 5. The molecule has 1 atom stereocenters. The summed E-state index contributed by atoms with van der Waals surface area (Å²) in [7, 11) is -3.62. The van der Waals surface area contributed by atoms with Crippen LogP contribution in [0.4, 0.5) is 5.69 Å². The Kier molecular flexibility index (Phi) is 7.64. The molecule has 0 aliphatic carbocycles. The lowest BCUT2D eigenvalue weighted by Crippen LogP contribution is -2.34. The van der Waals surface area contributed by atoms with Crippen LogP contribution in [0, 0.1) is 5.92 Å². The van der Waals surface area contributed by atoms with Gasteiger partial charge in [-0.05, 0) is 43.5 Å². The number of benzene rings is 1. The van der Waals surface area contributed by atoms with E-state index in [0.29, 0.717) is 31.7 Å². The summed E-state index contributed by atoms with van der Waals surface area (Å²) >= 11 is 0. The molecule has 0 spiro atoms. The Balaban J connectivity index is 2.41. The number of carbonyl (C=O) groups is 1. The van der Waals surface area contributed by atoms with Gasteiger partial charge < -0.3 is 16.0 Å². The predicted octanol–water partition coefficient (Wildman–Crippen LogP) is 1.64. The van der Waals surface area contributed by atoms with Gasteiger partial charge in [0.05, 0.1) is 10.5 Å². The van der Waals surface area contributed by atoms with Gasteiger partial charge >= 0.3 is 0 Å². The Hall–Kier alpha value is -1.64. The number of nitrogens with two attached hydrogens (primary N) is 1. The topological polar surface area (TPSA) is 95.7 Å². The molecule has 152 valence electrons. The molecule has 0 bridgehead atoms. The van der Waals surface area contributed by atoms with Crippen LogP contribution in [0.1, 0.15) is 44.0 Å². The molecule has 7 nitrogen and oxygen atoms in total. The van der Waals surface area contributed by atoms with Crippen LogP contribution < -0.4 is 16.0 Å². The number of carbonyl (C=O) groups excluding carboxylic acids is 1. The van der Waals surface area contributed by atoms with Crippen molar-refractivity contribution in [2.24, 2.45) is 11.7 Å². The second-order valence-corrected chi connectivity index (χ2v) is 8.95. The molecule has 1 fully saturated rings. The average molecular weight is 397 g/mol. The van der Waals surface area contributed by atoms with Crippen molar-refractivity contribution in [2.75, 3.05) is 44.2 Å². The van der Waals surface area contributed by atoms with Gasteiger partial charge in [-0.25, -0.2) is 8.42 Å². The van der Waals surface area contributed by atoms with Crippen molar-refractivity contribution in [3.8, 4) is 0 Å². The standard InChI is InChI=1S/C19H32N4O3S/c1-4-23(5-2)27(25,26)16-8-9-18(22-10-6-7-11-22)17(12-16)19(24)21-14-15(3)13-20/h8-9,12,15H,4-7,10-11,13-14,20H2,1-3H3,(H,21,24). The molecule has 2 rings (SSSR count). The first-order chi connectivity index (χ1) is 12.8. The van der Waals surface area contributed by atoms with E-state index in [1.807, 2.05) is 20.8 Å². The van der Waals surface area contributed by atoms with E-state index in [1.165, 1.54) is 10.4 Å². The molecule has 1 amide bonds. The SMILES string of the molecule is CCN(CC)S(=O)(=O)c1ccc(N2CCCC2)c(C(=O)NCC(C)CN)c1. The normalized spacial score (nSPS) is 16.0. The van der Waals surface area contributed by atoms with Crippen LogP contribution in [-0.2, 0) is 10.0 Å². The molecular formula is C19H32N4O3S.